The van der Waals surface area contributed by atoms with Crippen LogP contribution < -0.4 is 0 Å². The van der Waals surface area contributed by atoms with Crippen LogP contribution in [0.15, 0.2) is 53.4 Å². The first-order chi connectivity index (χ1) is 12.4. The van der Waals surface area contributed by atoms with Gasteiger partial charge in [-0.3, -0.25) is 4.79 Å². The van der Waals surface area contributed by atoms with Gasteiger partial charge in [0.1, 0.15) is 5.82 Å². The van der Waals surface area contributed by atoms with Crippen molar-refractivity contribution in [3.05, 3.63) is 65.5 Å². The molecule has 2 aromatic rings. The molecule has 0 aromatic heterocycles. The molecule has 1 fully saturated rings. The van der Waals surface area contributed by atoms with Gasteiger partial charge < -0.3 is 4.90 Å². The highest BCUT2D eigenvalue weighted by Crippen LogP contribution is 2.18. The molecule has 1 aliphatic rings. The number of sulfonamides is 1. The smallest absolute Gasteiger partial charge is 0.243 e. The number of carbonyl (C=O) groups excluding carboxylic acids is 1. The van der Waals surface area contributed by atoms with Gasteiger partial charge in [0.25, 0.3) is 0 Å². The Hall–Kier alpha value is -2.25. The number of hydrogen-bond acceptors (Lipinski definition) is 3. The molecule has 138 valence electrons. The summed E-state index contributed by atoms with van der Waals surface area (Å²) in [5.74, 6) is -0.483. The first-order valence-electron chi connectivity index (χ1n) is 8.45. The summed E-state index contributed by atoms with van der Waals surface area (Å²) in [5.41, 5.74) is 2.09. The van der Waals surface area contributed by atoms with Crippen molar-refractivity contribution in [1.82, 2.24) is 9.21 Å². The largest absolute Gasteiger partial charge is 0.340 e. The van der Waals surface area contributed by atoms with E-state index >= 15 is 0 Å². The number of nitrogens with zero attached hydrogens (tertiary/aromatic N) is 2. The SMILES string of the molecule is Cc1ccc(CC(=O)N2CCN(S(=O)(=O)c3ccc(F)cc3)CC2)cc1. The number of amides is 1. The van der Waals surface area contributed by atoms with Gasteiger partial charge in [-0.2, -0.15) is 4.31 Å². The molecule has 1 aliphatic heterocycles. The number of benzene rings is 2. The summed E-state index contributed by atoms with van der Waals surface area (Å²) in [7, 11) is -3.66. The molecule has 0 N–H and O–H groups in total. The Balaban J connectivity index is 1.60. The Morgan fingerprint density at radius 3 is 2.12 bits per heavy atom. The molecule has 0 atom stereocenters. The summed E-state index contributed by atoms with van der Waals surface area (Å²) < 4.78 is 39.5. The second-order valence-corrected chi connectivity index (χ2v) is 8.34. The molecule has 0 unspecified atom stereocenters. The zero-order valence-electron chi connectivity index (χ0n) is 14.6. The Labute approximate surface area is 153 Å². The number of carbonyl (C=O) groups is 1. The molecule has 0 bridgehead atoms. The lowest BCUT2D eigenvalue weighted by Crippen LogP contribution is -2.50. The minimum absolute atomic E-state index is 0.00677. The molecular weight excluding hydrogens is 355 g/mol. The van der Waals surface area contributed by atoms with Gasteiger partial charge in [-0.15, -0.1) is 0 Å². The van der Waals surface area contributed by atoms with Gasteiger partial charge >= 0.3 is 0 Å². The third-order valence-corrected chi connectivity index (χ3v) is 6.43. The highest BCUT2D eigenvalue weighted by molar-refractivity contribution is 7.89. The Morgan fingerprint density at radius 1 is 0.962 bits per heavy atom. The lowest BCUT2D eigenvalue weighted by Gasteiger charge is -2.34. The van der Waals surface area contributed by atoms with E-state index in [9.17, 15) is 17.6 Å². The Morgan fingerprint density at radius 2 is 1.54 bits per heavy atom. The molecule has 0 spiro atoms. The van der Waals surface area contributed by atoms with Crippen molar-refractivity contribution in [3.63, 3.8) is 0 Å². The first-order valence-corrected chi connectivity index (χ1v) is 9.89. The fraction of sp³-hybridized carbons (Fsp3) is 0.316. The third kappa shape index (κ3) is 4.11. The van der Waals surface area contributed by atoms with E-state index in [1.807, 2.05) is 31.2 Å². The van der Waals surface area contributed by atoms with Gasteiger partial charge in [0.05, 0.1) is 11.3 Å². The molecule has 0 saturated carbocycles. The Bertz CT molecular complexity index is 872. The van der Waals surface area contributed by atoms with Crippen LogP contribution in [0.2, 0.25) is 0 Å². The van der Waals surface area contributed by atoms with E-state index in [-0.39, 0.29) is 23.9 Å². The maximum Gasteiger partial charge on any atom is 0.243 e. The predicted molar refractivity (Wildman–Crippen MR) is 96.6 cm³/mol. The third-order valence-electron chi connectivity index (χ3n) is 4.52. The molecule has 1 saturated heterocycles. The van der Waals surface area contributed by atoms with Crippen molar-refractivity contribution in [2.75, 3.05) is 26.2 Å². The minimum atomic E-state index is -3.66. The van der Waals surface area contributed by atoms with Crippen LogP contribution in [0.3, 0.4) is 0 Å². The molecule has 5 nitrogen and oxygen atoms in total. The van der Waals surface area contributed by atoms with Crippen molar-refractivity contribution in [2.24, 2.45) is 0 Å². The zero-order chi connectivity index (χ0) is 18.7. The predicted octanol–water partition coefficient (Wildman–Crippen LogP) is 2.21. The van der Waals surface area contributed by atoms with Gasteiger partial charge in [0.15, 0.2) is 0 Å². The maximum absolute atomic E-state index is 13.0. The molecular formula is C19H21FN2O3S. The summed E-state index contributed by atoms with van der Waals surface area (Å²) in [6.07, 6.45) is 0.311. The molecule has 3 rings (SSSR count). The number of aryl methyl sites for hydroxylation is 1. The monoisotopic (exact) mass is 376 g/mol. The normalized spacial score (nSPS) is 15.8. The zero-order valence-corrected chi connectivity index (χ0v) is 15.4. The van der Waals surface area contributed by atoms with Crippen LogP contribution in [0.4, 0.5) is 4.39 Å². The van der Waals surface area contributed by atoms with Gasteiger partial charge in [0.2, 0.25) is 15.9 Å². The highest BCUT2D eigenvalue weighted by Gasteiger charge is 2.30. The van der Waals surface area contributed by atoms with Gasteiger partial charge in [-0.1, -0.05) is 29.8 Å². The first kappa shape index (κ1) is 18.5. The summed E-state index contributed by atoms with van der Waals surface area (Å²) in [4.78, 5) is 14.2. The van der Waals surface area contributed by atoms with Crippen LogP contribution in [0, 0.1) is 12.7 Å². The quantitative estimate of drug-likeness (QED) is 0.822. The van der Waals surface area contributed by atoms with E-state index in [2.05, 4.69) is 0 Å². The lowest BCUT2D eigenvalue weighted by molar-refractivity contribution is -0.131. The van der Waals surface area contributed by atoms with E-state index in [1.54, 1.807) is 4.90 Å². The van der Waals surface area contributed by atoms with E-state index in [4.69, 9.17) is 0 Å². The molecule has 7 heteroatoms. The number of hydrogen-bond donors (Lipinski definition) is 0. The average Bonchev–Trinajstić information content (AvgIpc) is 2.64. The number of piperazine rings is 1. The molecule has 1 heterocycles. The van der Waals surface area contributed by atoms with E-state index in [0.29, 0.717) is 19.5 Å². The van der Waals surface area contributed by atoms with E-state index < -0.39 is 15.8 Å². The molecule has 2 aromatic carbocycles. The number of rotatable bonds is 4. The second-order valence-electron chi connectivity index (χ2n) is 6.40. The van der Waals surface area contributed by atoms with Crippen LogP contribution in [0.25, 0.3) is 0 Å². The molecule has 0 aliphatic carbocycles. The van der Waals surface area contributed by atoms with Crippen molar-refractivity contribution >= 4 is 15.9 Å². The molecule has 1 amide bonds. The van der Waals surface area contributed by atoms with Crippen molar-refractivity contribution in [3.8, 4) is 0 Å². The summed E-state index contributed by atoms with van der Waals surface area (Å²) in [5, 5.41) is 0. The van der Waals surface area contributed by atoms with Crippen LogP contribution in [0.1, 0.15) is 11.1 Å². The van der Waals surface area contributed by atoms with Crippen LogP contribution in [-0.2, 0) is 21.2 Å². The molecule has 0 radical (unpaired) electrons. The van der Waals surface area contributed by atoms with E-state index in [0.717, 1.165) is 23.3 Å². The number of halogens is 1. The van der Waals surface area contributed by atoms with Crippen LogP contribution >= 0.6 is 0 Å². The van der Waals surface area contributed by atoms with E-state index in [1.165, 1.54) is 16.4 Å². The van der Waals surface area contributed by atoms with Crippen molar-refractivity contribution in [1.29, 1.82) is 0 Å². The summed E-state index contributed by atoms with van der Waals surface area (Å²) >= 11 is 0. The van der Waals surface area contributed by atoms with Crippen LogP contribution in [-0.4, -0.2) is 49.7 Å². The fourth-order valence-corrected chi connectivity index (χ4v) is 4.35. The van der Waals surface area contributed by atoms with Gasteiger partial charge in [0, 0.05) is 26.2 Å². The van der Waals surface area contributed by atoms with Gasteiger partial charge in [-0.05, 0) is 36.8 Å². The fourth-order valence-electron chi connectivity index (χ4n) is 2.93. The standard InChI is InChI=1S/C19H21FN2O3S/c1-15-2-4-16(5-3-15)14-19(23)21-10-12-22(13-11-21)26(24,25)18-8-6-17(20)7-9-18/h2-9H,10-14H2,1H3. The summed E-state index contributed by atoms with van der Waals surface area (Å²) in [6.45, 7) is 3.17. The lowest BCUT2D eigenvalue weighted by atomic mass is 10.1. The summed E-state index contributed by atoms with van der Waals surface area (Å²) in [6, 6.07) is 12.6. The van der Waals surface area contributed by atoms with Crippen LogP contribution in [0.5, 0.6) is 0 Å². The van der Waals surface area contributed by atoms with Gasteiger partial charge in [-0.25, -0.2) is 12.8 Å². The average molecular weight is 376 g/mol. The second kappa shape index (κ2) is 7.55. The highest BCUT2D eigenvalue weighted by atomic mass is 32.2. The topological polar surface area (TPSA) is 57.7 Å². The van der Waals surface area contributed by atoms with Crippen molar-refractivity contribution in [2.45, 2.75) is 18.2 Å². The minimum Gasteiger partial charge on any atom is -0.340 e. The maximum atomic E-state index is 13.0. The van der Waals surface area contributed by atoms with Crippen molar-refractivity contribution < 1.29 is 17.6 Å². The molecule has 26 heavy (non-hydrogen) atoms. The Kier molecular flexibility index (Phi) is 5.38.